The standard InChI is InChI=1S/C18H30F2N2O4/c1-2-7-21-15(23)9-12-8-13-17(25-12)16(24)14(26-13)10-22-11-3-5-18(19,20)6-4-11/h11-14,16-17,22,24H,2-10H2,1H3,(H,21,23)/t12-,13+,14+,16+,17-/m0/s1. The van der Waals surface area contributed by atoms with Crippen molar-refractivity contribution in [2.75, 3.05) is 13.1 Å². The second-order valence-electron chi connectivity index (χ2n) is 7.75. The van der Waals surface area contributed by atoms with Crippen molar-refractivity contribution in [1.82, 2.24) is 10.6 Å². The van der Waals surface area contributed by atoms with Gasteiger partial charge in [-0.15, -0.1) is 0 Å². The second kappa shape index (κ2) is 8.46. The Morgan fingerprint density at radius 3 is 2.65 bits per heavy atom. The molecule has 0 bridgehead atoms. The van der Waals surface area contributed by atoms with E-state index in [9.17, 15) is 18.7 Å². The molecule has 0 radical (unpaired) electrons. The van der Waals surface area contributed by atoms with Crippen LogP contribution in [0.15, 0.2) is 0 Å². The number of hydrogen-bond donors (Lipinski definition) is 3. The number of hydrogen-bond acceptors (Lipinski definition) is 5. The van der Waals surface area contributed by atoms with Crippen LogP contribution in [0.3, 0.4) is 0 Å². The first kappa shape index (κ1) is 19.9. The molecule has 2 aliphatic heterocycles. The quantitative estimate of drug-likeness (QED) is 0.625. The topological polar surface area (TPSA) is 79.8 Å². The predicted molar refractivity (Wildman–Crippen MR) is 91.1 cm³/mol. The van der Waals surface area contributed by atoms with Gasteiger partial charge < -0.3 is 25.2 Å². The van der Waals surface area contributed by atoms with Gasteiger partial charge in [-0.05, 0) is 19.3 Å². The van der Waals surface area contributed by atoms with Crippen molar-refractivity contribution >= 4 is 5.91 Å². The Hall–Kier alpha value is -0.830. The van der Waals surface area contributed by atoms with Crippen LogP contribution in [0.1, 0.15) is 51.9 Å². The van der Waals surface area contributed by atoms with Crippen molar-refractivity contribution in [3.8, 4) is 0 Å². The van der Waals surface area contributed by atoms with Gasteiger partial charge in [0.2, 0.25) is 11.8 Å². The van der Waals surface area contributed by atoms with E-state index in [0.29, 0.717) is 32.4 Å². The number of halogens is 2. The summed E-state index contributed by atoms with van der Waals surface area (Å²) >= 11 is 0. The van der Waals surface area contributed by atoms with Gasteiger partial charge in [0.05, 0.1) is 24.7 Å². The van der Waals surface area contributed by atoms with Crippen molar-refractivity contribution < 1.29 is 28.2 Å². The zero-order chi connectivity index (χ0) is 18.7. The van der Waals surface area contributed by atoms with Crippen LogP contribution < -0.4 is 10.6 Å². The van der Waals surface area contributed by atoms with Crippen molar-refractivity contribution in [2.24, 2.45) is 0 Å². The zero-order valence-electron chi connectivity index (χ0n) is 15.3. The molecule has 26 heavy (non-hydrogen) atoms. The monoisotopic (exact) mass is 376 g/mol. The first-order valence-corrected chi connectivity index (χ1v) is 9.75. The average Bonchev–Trinajstić information content (AvgIpc) is 3.11. The summed E-state index contributed by atoms with van der Waals surface area (Å²) in [6.45, 7) is 3.07. The molecule has 0 unspecified atom stereocenters. The third-order valence-corrected chi connectivity index (χ3v) is 5.59. The SMILES string of the molecule is CCCNC(=O)C[C@@H]1C[C@H]2O[C@H](CNC3CCC(F)(F)CC3)[C@@H](O)[C@H]2O1. The Morgan fingerprint density at radius 1 is 1.27 bits per heavy atom. The third kappa shape index (κ3) is 4.91. The van der Waals surface area contributed by atoms with Crippen LogP contribution in [0.4, 0.5) is 8.78 Å². The number of alkyl halides is 2. The van der Waals surface area contributed by atoms with Crippen molar-refractivity contribution in [3.05, 3.63) is 0 Å². The predicted octanol–water partition coefficient (Wildman–Crippen LogP) is 1.36. The van der Waals surface area contributed by atoms with Gasteiger partial charge in [-0.3, -0.25) is 4.79 Å². The maximum atomic E-state index is 13.2. The van der Waals surface area contributed by atoms with E-state index in [4.69, 9.17) is 9.47 Å². The average molecular weight is 376 g/mol. The number of ether oxygens (including phenoxy) is 2. The number of carbonyl (C=O) groups excluding carboxylic acids is 1. The van der Waals surface area contributed by atoms with Gasteiger partial charge in [-0.25, -0.2) is 8.78 Å². The van der Waals surface area contributed by atoms with E-state index in [0.717, 1.165) is 6.42 Å². The van der Waals surface area contributed by atoms with Gasteiger partial charge in [0.1, 0.15) is 12.2 Å². The molecule has 1 amide bonds. The Labute approximate surface area is 153 Å². The van der Waals surface area contributed by atoms with E-state index in [1.807, 2.05) is 6.92 Å². The molecule has 2 heterocycles. The van der Waals surface area contributed by atoms with E-state index in [2.05, 4.69) is 10.6 Å². The zero-order valence-corrected chi connectivity index (χ0v) is 15.3. The normalized spacial score (nSPS) is 36.8. The second-order valence-corrected chi connectivity index (χ2v) is 7.75. The lowest BCUT2D eigenvalue weighted by molar-refractivity contribution is -0.124. The summed E-state index contributed by atoms with van der Waals surface area (Å²) in [6, 6.07) is 0.0433. The minimum atomic E-state index is -2.54. The number of amides is 1. The maximum Gasteiger partial charge on any atom is 0.248 e. The molecule has 1 saturated carbocycles. The molecule has 1 aliphatic carbocycles. The van der Waals surface area contributed by atoms with Gasteiger partial charge in [0.15, 0.2) is 0 Å². The van der Waals surface area contributed by atoms with Gasteiger partial charge in [0.25, 0.3) is 0 Å². The Bertz CT molecular complexity index is 484. The summed E-state index contributed by atoms with van der Waals surface area (Å²) in [7, 11) is 0. The highest BCUT2D eigenvalue weighted by Gasteiger charge is 2.50. The lowest BCUT2D eigenvalue weighted by atomic mass is 9.92. The molecule has 8 heteroatoms. The minimum Gasteiger partial charge on any atom is -0.388 e. The molecule has 5 atom stereocenters. The highest BCUT2D eigenvalue weighted by atomic mass is 19.3. The van der Waals surface area contributed by atoms with E-state index in [1.54, 1.807) is 0 Å². The lowest BCUT2D eigenvalue weighted by Gasteiger charge is -2.30. The molecule has 3 N–H and O–H groups in total. The fourth-order valence-electron chi connectivity index (χ4n) is 4.08. The Balaban J connectivity index is 1.39. The van der Waals surface area contributed by atoms with Gasteiger partial charge in [-0.1, -0.05) is 6.92 Å². The van der Waals surface area contributed by atoms with Crippen LogP contribution >= 0.6 is 0 Å². The molecule has 150 valence electrons. The summed E-state index contributed by atoms with van der Waals surface area (Å²) in [5.41, 5.74) is 0. The van der Waals surface area contributed by atoms with Crippen LogP contribution in [0.5, 0.6) is 0 Å². The summed E-state index contributed by atoms with van der Waals surface area (Å²) in [4.78, 5) is 11.8. The molecule has 0 aromatic carbocycles. The number of carbonyl (C=O) groups is 1. The smallest absolute Gasteiger partial charge is 0.248 e. The fourth-order valence-corrected chi connectivity index (χ4v) is 4.08. The largest absolute Gasteiger partial charge is 0.388 e. The van der Waals surface area contributed by atoms with Crippen molar-refractivity contribution in [1.29, 1.82) is 0 Å². The van der Waals surface area contributed by atoms with Crippen LogP contribution in [0.2, 0.25) is 0 Å². The number of nitrogens with one attached hydrogen (secondary N) is 2. The lowest BCUT2D eigenvalue weighted by Crippen LogP contribution is -2.44. The van der Waals surface area contributed by atoms with Crippen LogP contribution in [0.25, 0.3) is 0 Å². The Morgan fingerprint density at radius 2 is 2.00 bits per heavy atom. The molecule has 3 aliphatic rings. The van der Waals surface area contributed by atoms with E-state index < -0.39 is 24.2 Å². The van der Waals surface area contributed by atoms with Gasteiger partial charge in [0, 0.05) is 38.4 Å². The summed E-state index contributed by atoms with van der Waals surface area (Å²) < 4.78 is 38.1. The molecule has 0 aromatic rings. The number of fused-ring (bicyclic) bond motifs is 1. The highest BCUT2D eigenvalue weighted by molar-refractivity contribution is 5.76. The maximum absolute atomic E-state index is 13.2. The molecule has 3 rings (SSSR count). The van der Waals surface area contributed by atoms with Crippen LogP contribution in [0, 0.1) is 0 Å². The molecule has 3 fully saturated rings. The molecule has 0 spiro atoms. The van der Waals surface area contributed by atoms with Gasteiger partial charge >= 0.3 is 0 Å². The first-order chi connectivity index (χ1) is 12.4. The molecular formula is C18H30F2N2O4. The first-order valence-electron chi connectivity index (χ1n) is 9.75. The molecule has 0 aromatic heterocycles. The van der Waals surface area contributed by atoms with E-state index in [-0.39, 0.29) is 43.4 Å². The van der Waals surface area contributed by atoms with Crippen LogP contribution in [-0.2, 0) is 14.3 Å². The molecular weight excluding hydrogens is 346 g/mol. The molecule has 6 nitrogen and oxygen atoms in total. The molecule has 2 saturated heterocycles. The van der Waals surface area contributed by atoms with E-state index in [1.165, 1.54) is 0 Å². The summed E-state index contributed by atoms with van der Waals surface area (Å²) in [5, 5.41) is 16.5. The minimum absolute atomic E-state index is 0.0429. The van der Waals surface area contributed by atoms with E-state index >= 15 is 0 Å². The Kier molecular flexibility index (Phi) is 6.48. The van der Waals surface area contributed by atoms with Crippen molar-refractivity contribution in [3.63, 3.8) is 0 Å². The highest BCUT2D eigenvalue weighted by Crippen LogP contribution is 2.36. The number of aliphatic hydroxyl groups excluding tert-OH is 1. The summed E-state index contributed by atoms with van der Waals surface area (Å²) in [5.74, 6) is -2.58. The fraction of sp³-hybridized carbons (Fsp3) is 0.944. The summed E-state index contributed by atoms with van der Waals surface area (Å²) in [6.07, 6.45) is 0.437. The third-order valence-electron chi connectivity index (χ3n) is 5.59. The van der Waals surface area contributed by atoms with Crippen LogP contribution in [-0.4, -0.2) is 66.6 Å². The van der Waals surface area contributed by atoms with Gasteiger partial charge in [-0.2, -0.15) is 0 Å². The number of rotatable bonds is 7. The van der Waals surface area contributed by atoms with Crippen molar-refractivity contribution in [2.45, 2.75) is 94.4 Å². The number of aliphatic hydroxyl groups is 1.